The quantitative estimate of drug-likeness (QED) is 0.535. The summed E-state index contributed by atoms with van der Waals surface area (Å²) in [7, 11) is 0. The third-order valence-corrected chi connectivity index (χ3v) is 4.38. The monoisotopic (exact) mass is 328 g/mol. The highest BCUT2D eigenvalue weighted by atomic mass is 32.1. The van der Waals surface area contributed by atoms with Gasteiger partial charge in [-0.15, -0.1) is 17.9 Å². The number of hydrogen-bond acceptors (Lipinski definition) is 3. The molecule has 1 aromatic carbocycles. The van der Waals surface area contributed by atoms with Crippen LogP contribution in [0.3, 0.4) is 0 Å². The van der Waals surface area contributed by atoms with Gasteiger partial charge in [-0.1, -0.05) is 42.5 Å². The predicted molar refractivity (Wildman–Crippen MR) is 97.6 cm³/mol. The van der Waals surface area contributed by atoms with Gasteiger partial charge in [0.15, 0.2) is 0 Å². The molecule has 0 radical (unpaired) electrons. The van der Waals surface area contributed by atoms with Crippen molar-refractivity contribution in [2.75, 3.05) is 19.6 Å². The molecule has 2 aromatic rings. The molecule has 2 rings (SSSR count). The number of nitrogens with zero attached hydrogens (tertiary/aromatic N) is 1. The summed E-state index contributed by atoms with van der Waals surface area (Å²) >= 11 is 1.72. The van der Waals surface area contributed by atoms with E-state index >= 15 is 0 Å². The first-order chi connectivity index (χ1) is 11.3. The maximum absolute atomic E-state index is 12.1. The lowest BCUT2D eigenvalue weighted by molar-refractivity contribution is -0.122. The fraction of sp³-hybridized carbons (Fsp3) is 0.316. The van der Waals surface area contributed by atoms with Gasteiger partial charge >= 0.3 is 0 Å². The largest absolute Gasteiger partial charge is 0.355 e. The Kier molecular flexibility index (Phi) is 7.57. The van der Waals surface area contributed by atoms with Crippen molar-refractivity contribution in [3.63, 3.8) is 0 Å². The number of hydrogen-bond donors (Lipinski definition) is 1. The molecule has 3 nitrogen and oxygen atoms in total. The van der Waals surface area contributed by atoms with Gasteiger partial charge in [-0.05, 0) is 29.9 Å². The Bertz CT molecular complexity index is 581. The number of aryl methyl sites for hydroxylation is 1. The molecule has 0 fully saturated rings. The fourth-order valence-electron chi connectivity index (χ4n) is 2.41. The Balaban J connectivity index is 1.68. The van der Waals surface area contributed by atoms with Crippen LogP contribution in [0, 0.1) is 0 Å². The van der Waals surface area contributed by atoms with Gasteiger partial charge in [-0.3, -0.25) is 9.69 Å². The Labute approximate surface area is 142 Å². The van der Waals surface area contributed by atoms with Gasteiger partial charge in [-0.2, -0.15) is 0 Å². The number of carbonyl (C=O) groups is 1. The summed E-state index contributed by atoms with van der Waals surface area (Å²) in [5, 5.41) is 5.07. The molecule has 0 aliphatic carbocycles. The third kappa shape index (κ3) is 6.80. The SMILES string of the molecule is C=CCN(CC(=O)NCCCc1ccccc1)Cc1cccs1. The molecule has 0 aliphatic rings. The molecule has 122 valence electrons. The van der Waals surface area contributed by atoms with Crippen LogP contribution in [0.4, 0.5) is 0 Å². The van der Waals surface area contributed by atoms with Gasteiger partial charge < -0.3 is 5.32 Å². The molecule has 1 amide bonds. The fourth-order valence-corrected chi connectivity index (χ4v) is 3.16. The average Bonchev–Trinajstić information content (AvgIpc) is 3.06. The summed E-state index contributed by atoms with van der Waals surface area (Å²) in [6.07, 6.45) is 3.80. The van der Waals surface area contributed by atoms with Crippen LogP contribution in [0.5, 0.6) is 0 Å². The lowest BCUT2D eigenvalue weighted by Gasteiger charge is -2.19. The second kappa shape index (κ2) is 9.98. The van der Waals surface area contributed by atoms with Crippen LogP contribution >= 0.6 is 11.3 Å². The summed E-state index contributed by atoms with van der Waals surface area (Å²) in [6.45, 7) is 6.42. The topological polar surface area (TPSA) is 32.3 Å². The van der Waals surface area contributed by atoms with Crippen LogP contribution in [-0.4, -0.2) is 30.4 Å². The minimum Gasteiger partial charge on any atom is -0.355 e. The van der Waals surface area contributed by atoms with E-state index < -0.39 is 0 Å². The Morgan fingerprint density at radius 1 is 1.22 bits per heavy atom. The number of benzene rings is 1. The predicted octanol–water partition coefficient (Wildman–Crippen LogP) is 3.49. The van der Waals surface area contributed by atoms with E-state index in [9.17, 15) is 4.79 Å². The van der Waals surface area contributed by atoms with Gasteiger partial charge in [0.05, 0.1) is 6.54 Å². The summed E-state index contributed by atoms with van der Waals surface area (Å²) in [4.78, 5) is 15.5. The highest BCUT2D eigenvalue weighted by Crippen LogP contribution is 2.11. The van der Waals surface area contributed by atoms with Crippen molar-refractivity contribution in [3.8, 4) is 0 Å². The number of carbonyl (C=O) groups excluding carboxylic acids is 1. The average molecular weight is 328 g/mol. The zero-order valence-electron chi connectivity index (χ0n) is 13.4. The summed E-state index contributed by atoms with van der Waals surface area (Å²) in [5.41, 5.74) is 1.31. The summed E-state index contributed by atoms with van der Waals surface area (Å²) < 4.78 is 0. The number of rotatable bonds is 10. The first-order valence-corrected chi connectivity index (χ1v) is 8.82. The standard InChI is InChI=1S/C19H24N2OS/c1-2-13-21(15-18-11-7-14-23-18)16-19(22)20-12-6-10-17-8-4-3-5-9-17/h2-5,7-9,11,14H,1,6,10,12-13,15-16H2,(H,20,22). The third-order valence-electron chi connectivity index (χ3n) is 3.52. The van der Waals surface area contributed by atoms with Crippen LogP contribution in [0.15, 0.2) is 60.5 Å². The molecule has 4 heteroatoms. The van der Waals surface area contributed by atoms with Gasteiger partial charge in [0, 0.05) is 24.5 Å². The molecule has 23 heavy (non-hydrogen) atoms. The maximum atomic E-state index is 12.1. The van der Waals surface area contributed by atoms with Crippen LogP contribution in [0.25, 0.3) is 0 Å². The highest BCUT2D eigenvalue weighted by Gasteiger charge is 2.10. The molecule has 0 saturated heterocycles. The Hall–Kier alpha value is -1.91. The van der Waals surface area contributed by atoms with E-state index in [4.69, 9.17) is 0 Å². The van der Waals surface area contributed by atoms with Crippen molar-refractivity contribution < 1.29 is 4.79 Å². The van der Waals surface area contributed by atoms with E-state index in [1.807, 2.05) is 30.3 Å². The van der Waals surface area contributed by atoms with Gasteiger partial charge in [0.1, 0.15) is 0 Å². The number of thiophene rings is 1. The van der Waals surface area contributed by atoms with E-state index in [1.54, 1.807) is 11.3 Å². The minimum absolute atomic E-state index is 0.0801. The second-order valence-electron chi connectivity index (χ2n) is 5.48. The minimum atomic E-state index is 0.0801. The van der Waals surface area contributed by atoms with E-state index in [0.717, 1.165) is 25.9 Å². The smallest absolute Gasteiger partial charge is 0.234 e. The van der Waals surface area contributed by atoms with Crippen molar-refractivity contribution in [2.45, 2.75) is 19.4 Å². The molecular formula is C19H24N2OS. The zero-order chi connectivity index (χ0) is 16.3. The molecule has 1 N–H and O–H groups in total. The zero-order valence-corrected chi connectivity index (χ0v) is 14.2. The molecular weight excluding hydrogens is 304 g/mol. The lowest BCUT2D eigenvalue weighted by Crippen LogP contribution is -2.37. The Morgan fingerprint density at radius 2 is 2.04 bits per heavy atom. The molecule has 0 bridgehead atoms. The van der Waals surface area contributed by atoms with Crippen LogP contribution in [-0.2, 0) is 17.8 Å². The van der Waals surface area contributed by atoms with E-state index in [1.165, 1.54) is 10.4 Å². The van der Waals surface area contributed by atoms with Crippen LogP contribution in [0.1, 0.15) is 16.9 Å². The maximum Gasteiger partial charge on any atom is 0.234 e. The molecule has 0 saturated carbocycles. The first-order valence-electron chi connectivity index (χ1n) is 7.94. The van der Waals surface area contributed by atoms with Crippen molar-refractivity contribution in [2.24, 2.45) is 0 Å². The van der Waals surface area contributed by atoms with Gasteiger partial charge in [0.25, 0.3) is 0 Å². The highest BCUT2D eigenvalue weighted by molar-refractivity contribution is 7.09. The lowest BCUT2D eigenvalue weighted by atomic mass is 10.1. The van der Waals surface area contributed by atoms with E-state index in [0.29, 0.717) is 13.1 Å². The second-order valence-corrected chi connectivity index (χ2v) is 6.51. The molecule has 0 atom stereocenters. The first kappa shape index (κ1) is 17.4. The molecule has 0 unspecified atom stereocenters. The summed E-state index contributed by atoms with van der Waals surface area (Å²) in [6, 6.07) is 14.5. The van der Waals surface area contributed by atoms with Crippen molar-refractivity contribution in [1.82, 2.24) is 10.2 Å². The summed E-state index contributed by atoms with van der Waals surface area (Å²) in [5.74, 6) is 0.0801. The van der Waals surface area contributed by atoms with E-state index in [2.05, 4.69) is 40.4 Å². The van der Waals surface area contributed by atoms with Gasteiger partial charge in [-0.25, -0.2) is 0 Å². The van der Waals surface area contributed by atoms with Gasteiger partial charge in [0.2, 0.25) is 5.91 Å². The molecule has 1 aromatic heterocycles. The van der Waals surface area contributed by atoms with Crippen molar-refractivity contribution in [1.29, 1.82) is 0 Å². The normalized spacial score (nSPS) is 10.7. The molecule has 0 aliphatic heterocycles. The van der Waals surface area contributed by atoms with E-state index in [-0.39, 0.29) is 5.91 Å². The number of nitrogens with one attached hydrogen (secondary N) is 1. The molecule has 1 heterocycles. The van der Waals surface area contributed by atoms with Crippen molar-refractivity contribution >= 4 is 17.2 Å². The van der Waals surface area contributed by atoms with Crippen LogP contribution in [0.2, 0.25) is 0 Å². The van der Waals surface area contributed by atoms with Crippen LogP contribution < -0.4 is 5.32 Å². The Morgan fingerprint density at radius 3 is 2.74 bits per heavy atom. The molecule has 0 spiro atoms. The number of amides is 1. The van der Waals surface area contributed by atoms with Crippen molar-refractivity contribution in [3.05, 3.63) is 70.9 Å².